The number of ether oxygens (including phenoxy) is 1. The van der Waals surface area contributed by atoms with Gasteiger partial charge < -0.3 is 10.1 Å². The summed E-state index contributed by atoms with van der Waals surface area (Å²) in [6.45, 7) is 1.48. The van der Waals surface area contributed by atoms with E-state index in [4.69, 9.17) is 17.0 Å². The van der Waals surface area contributed by atoms with Crippen LogP contribution in [-0.2, 0) is 4.74 Å². The molecule has 0 amide bonds. The monoisotopic (exact) mass is 308 g/mol. The minimum Gasteiger partial charge on any atom is -0.376 e. The average Bonchev–Trinajstić information content (AvgIpc) is 2.99. The molecule has 1 fully saturated rings. The summed E-state index contributed by atoms with van der Waals surface area (Å²) in [6, 6.07) is 6.09. The van der Waals surface area contributed by atoms with Gasteiger partial charge in [0.25, 0.3) is 5.69 Å². The lowest BCUT2D eigenvalue weighted by atomic mass is 10.2. The molecule has 0 aliphatic carbocycles. The number of nitrogens with zero attached hydrogens (tertiary/aromatic N) is 2. The predicted molar refractivity (Wildman–Crippen MR) is 83.4 cm³/mol. The van der Waals surface area contributed by atoms with Crippen molar-refractivity contribution >= 4 is 29.2 Å². The zero-order valence-electron chi connectivity index (χ0n) is 11.3. The van der Waals surface area contributed by atoms with E-state index in [1.54, 1.807) is 18.3 Å². The number of nitro groups is 1. The maximum atomic E-state index is 10.5. The number of hydrazone groups is 1. The molecule has 0 radical (unpaired) electrons. The first-order valence-electron chi connectivity index (χ1n) is 6.58. The van der Waals surface area contributed by atoms with Crippen LogP contribution in [0.3, 0.4) is 0 Å². The largest absolute Gasteiger partial charge is 0.376 e. The Morgan fingerprint density at radius 1 is 1.52 bits per heavy atom. The molecule has 112 valence electrons. The number of rotatable bonds is 5. The molecule has 1 atom stereocenters. The van der Waals surface area contributed by atoms with Crippen LogP contribution in [0.1, 0.15) is 18.4 Å². The van der Waals surface area contributed by atoms with Gasteiger partial charge in [0, 0.05) is 25.3 Å². The van der Waals surface area contributed by atoms with E-state index in [2.05, 4.69) is 15.8 Å². The molecule has 2 rings (SSSR count). The standard InChI is InChI=1S/C13H16N4O3S/c18-17(19)11-5-3-10(4-6-11)8-15-16-13(21)14-9-12-2-1-7-20-12/h3-6,8,12H,1-2,7,9H2,(H2,14,16,21)/b15-8-/t12-/m0/s1. The fourth-order valence-electron chi connectivity index (χ4n) is 1.90. The Hall–Kier alpha value is -2.06. The highest BCUT2D eigenvalue weighted by Gasteiger charge is 2.14. The second kappa shape index (κ2) is 7.65. The van der Waals surface area contributed by atoms with Crippen molar-refractivity contribution in [2.75, 3.05) is 13.2 Å². The Kier molecular flexibility index (Phi) is 5.59. The molecule has 0 bridgehead atoms. The van der Waals surface area contributed by atoms with Crippen molar-refractivity contribution in [2.45, 2.75) is 18.9 Å². The van der Waals surface area contributed by atoms with Gasteiger partial charge >= 0.3 is 0 Å². The van der Waals surface area contributed by atoms with Crippen molar-refractivity contribution in [3.63, 3.8) is 0 Å². The molecule has 1 aliphatic heterocycles. The Labute approximate surface area is 127 Å². The number of nitrogens with one attached hydrogen (secondary N) is 2. The van der Waals surface area contributed by atoms with Gasteiger partial charge in [0.1, 0.15) is 0 Å². The third-order valence-electron chi connectivity index (χ3n) is 3.00. The van der Waals surface area contributed by atoms with Crippen molar-refractivity contribution in [1.82, 2.24) is 10.7 Å². The van der Waals surface area contributed by atoms with Gasteiger partial charge in [-0.2, -0.15) is 5.10 Å². The highest BCUT2D eigenvalue weighted by Crippen LogP contribution is 2.11. The van der Waals surface area contributed by atoms with E-state index in [0.29, 0.717) is 11.7 Å². The SMILES string of the molecule is O=[N+]([O-])c1ccc(/C=N\NC(=S)NC[C@@H]2CCCO2)cc1. The van der Waals surface area contributed by atoms with Gasteiger partial charge in [-0.1, -0.05) is 0 Å². The summed E-state index contributed by atoms with van der Waals surface area (Å²) < 4.78 is 5.46. The molecule has 1 aromatic rings. The minimum absolute atomic E-state index is 0.0499. The van der Waals surface area contributed by atoms with Crippen LogP contribution in [0.4, 0.5) is 5.69 Å². The number of hydrogen-bond acceptors (Lipinski definition) is 5. The number of benzene rings is 1. The molecule has 0 saturated carbocycles. The van der Waals surface area contributed by atoms with E-state index in [-0.39, 0.29) is 11.8 Å². The first-order chi connectivity index (χ1) is 10.1. The molecule has 7 nitrogen and oxygen atoms in total. The van der Waals surface area contributed by atoms with Gasteiger partial charge in [0.15, 0.2) is 5.11 Å². The summed E-state index contributed by atoms with van der Waals surface area (Å²) in [5, 5.41) is 17.9. The summed E-state index contributed by atoms with van der Waals surface area (Å²) in [5.74, 6) is 0. The molecule has 21 heavy (non-hydrogen) atoms. The molecular weight excluding hydrogens is 292 g/mol. The summed E-state index contributed by atoms with van der Waals surface area (Å²) in [4.78, 5) is 10.1. The minimum atomic E-state index is -0.441. The first-order valence-corrected chi connectivity index (χ1v) is 6.99. The van der Waals surface area contributed by atoms with Gasteiger partial charge in [0.2, 0.25) is 0 Å². The Morgan fingerprint density at radius 3 is 2.90 bits per heavy atom. The molecule has 2 N–H and O–H groups in total. The highest BCUT2D eigenvalue weighted by atomic mass is 32.1. The molecule has 0 aromatic heterocycles. The first kappa shape index (κ1) is 15.3. The third kappa shape index (κ3) is 5.09. The lowest BCUT2D eigenvalue weighted by molar-refractivity contribution is -0.384. The number of thiocarbonyl (C=S) groups is 1. The molecule has 8 heteroatoms. The number of nitro benzene ring substituents is 1. The maximum absolute atomic E-state index is 10.5. The Morgan fingerprint density at radius 2 is 2.29 bits per heavy atom. The van der Waals surface area contributed by atoms with Crippen molar-refractivity contribution in [3.8, 4) is 0 Å². The predicted octanol–water partition coefficient (Wildman–Crippen LogP) is 1.57. The maximum Gasteiger partial charge on any atom is 0.269 e. The molecule has 0 spiro atoms. The molecule has 1 aliphatic rings. The Balaban J connectivity index is 1.73. The van der Waals surface area contributed by atoms with Crippen molar-refractivity contribution in [3.05, 3.63) is 39.9 Å². The van der Waals surface area contributed by atoms with Crippen LogP contribution in [0, 0.1) is 10.1 Å². The molecular formula is C13H16N4O3S. The van der Waals surface area contributed by atoms with Crippen molar-refractivity contribution in [1.29, 1.82) is 0 Å². The second-order valence-corrected chi connectivity index (χ2v) is 4.97. The molecule has 1 saturated heterocycles. The molecule has 0 unspecified atom stereocenters. The summed E-state index contributed by atoms with van der Waals surface area (Å²) in [6.07, 6.45) is 3.89. The fourth-order valence-corrected chi connectivity index (χ4v) is 2.03. The smallest absolute Gasteiger partial charge is 0.269 e. The van der Waals surface area contributed by atoms with E-state index < -0.39 is 4.92 Å². The molecule has 1 heterocycles. The fraction of sp³-hybridized carbons (Fsp3) is 0.385. The van der Waals surface area contributed by atoms with E-state index in [9.17, 15) is 10.1 Å². The van der Waals surface area contributed by atoms with Gasteiger partial charge in [-0.25, -0.2) is 0 Å². The number of non-ortho nitro benzene ring substituents is 1. The van der Waals surface area contributed by atoms with Gasteiger partial charge in [-0.15, -0.1) is 0 Å². The van der Waals surface area contributed by atoms with Gasteiger partial charge in [-0.3, -0.25) is 15.5 Å². The Bertz CT molecular complexity index is 527. The van der Waals surface area contributed by atoms with Gasteiger partial charge in [0.05, 0.1) is 17.2 Å². The van der Waals surface area contributed by atoms with Crippen LogP contribution in [-0.4, -0.2) is 35.5 Å². The normalized spacial score (nSPS) is 17.8. The van der Waals surface area contributed by atoms with E-state index >= 15 is 0 Å². The second-order valence-electron chi connectivity index (χ2n) is 4.56. The van der Waals surface area contributed by atoms with Crippen LogP contribution in [0.25, 0.3) is 0 Å². The van der Waals surface area contributed by atoms with Gasteiger partial charge in [-0.05, 0) is 42.8 Å². The topological polar surface area (TPSA) is 88.8 Å². The summed E-state index contributed by atoms with van der Waals surface area (Å²) >= 11 is 5.08. The third-order valence-corrected chi connectivity index (χ3v) is 3.23. The summed E-state index contributed by atoms with van der Waals surface area (Å²) in [7, 11) is 0. The molecule has 1 aromatic carbocycles. The quantitative estimate of drug-likeness (QED) is 0.371. The van der Waals surface area contributed by atoms with Crippen LogP contribution in [0.5, 0.6) is 0 Å². The zero-order valence-corrected chi connectivity index (χ0v) is 12.1. The van der Waals surface area contributed by atoms with E-state index in [1.165, 1.54) is 12.1 Å². The number of hydrogen-bond donors (Lipinski definition) is 2. The highest BCUT2D eigenvalue weighted by molar-refractivity contribution is 7.80. The van der Waals surface area contributed by atoms with Crippen LogP contribution in [0.15, 0.2) is 29.4 Å². The van der Waals surface area contributed by atoms with Crippen LogP contribution >= 0.6 is 12.2 Å². The van der Waals surface area contributed by atoms with E-state index in [1.807, 2.05) is 0 Å². The van der Waals surface area contributed by atoms with E-state index in [0.717, 1.165) is 25.0 Å². The zero-order chi connectivity index (χ0) is 15.1. The summed E-state index contributed by atoms with van der Waals surface area (Å²) in [5.41, 5.74) is 3.49. The van der Waals surface area contributed by atoms with Crippen LogP contribution < -0.4 is 10.7 Å². The van der Waals surface area contributed by atoms with Crippen molar-refractivity contribution < 1.29 is 9.66 Å². The average molecular weight is 308 g/mol. The van der Waals surface area contributed by atoms with Crippen LogP contribution in [0.2, 0.25) is 0 Å². The lowest BCUT2D eigenvalue weighted by Crippen LogP contribution is -2.37. The lowest BCUT2D eigenvalue weighted by Gasteiger charge is -2.11. The van der Waals surface area contributed by atoms with Crippen molar-refractivity contribution in [2.24, 2.45) is 5.10 Å².